The van der Waals surface area contributed by atoms with Gasteiger partial charge in [0.1, 0.15) is 13.2 Å². The van der Waals surface area contributed by atoms with E-state index in [0.29, 0.717) is 13.2 Å². The minimum atomic E-state index is -0.271. The molecule has 8 heteroatoms. The standard InChI is InChI=1S/C38H40N4O4/c1-27(43)41-35-15-11-33(12-16-35)37(31-7-3-29(4-8-31)23-45-25-39)19-21-38(22-20-37,32-9-5-30(6-10-32)24-46-26-40)34-13-17-36(18-14-34)42-28(2)44/h3-18,25-26,39-40H,19-24H2,1-2H3,(H,41,43)(H,42,44). The maximum Gasteiger partial charge on any atom is 0.221 e. The molecule has 1 aliphatic rings. The second-order valence-electron chi connectivity index (χ2n) is 11.9. The van der Waals surface area contributed by atoms with Gasteiger partial charge < -0.3 is 20.1 Å². The van der Waals surface area contributed by atoms with Crippen molar-refractivity contribution >= 4 is 36.0 Å². The van der Waals surface area contributed by atoms with E-state index in [4.69, 9.17) is 20.3 Å². The van der Waals surface area contributed by atoms with Crippen LogP contribution in [0.3, 0.4) is 0 Å². The van der Waals surface area contributed by atoms with Gasteiger partial charge in [-0.2, -0.15) is 0 Å². The van der Waals surface area contributed by atoms with E-state index < -0.39 is 0 Å². The SMILES string of the molecule is CC(=O)Nc1ccc(C2(c3ccc(COC=N)cc3)CCC(c3ccc(COC=N)cc3)(c3ccc(NC(C)=O)cc3)CC2)cc1. The van der Waals surface area contributed by atoms with Gasteiger partial charge >= 0.3 is 0 Å². The molecule has 4 N–H and O–H groups in total. The van der Waals surface area contributed by atoms with E-state index in [1.54, 1.807) is 0 Å². The summed E-state index contributed by atoms with van der Waals surface area (Å²) in [6, 6.07) is 33.4. The predicted octanol–water partition coefficient (Wildman–Crippen LogP) is 7.70. The van der Waals surface area contributed by atoms with Crippen LogP contribution in [-0.4, -0.2) is 24.6 Å². The zero-order valence-electron chi connectivity index (χ0n) is 26.3. The van der Waals surface area contributed by atoms with Gasteiger partial charge in [0.15, 0.2) is 12.8 Å². The van der Waals surface area contributed by atoms with Crippen LogP contribution < -0.4 is 10.6 Å². The van der Waals surface area contributed by atoms with Gasteiger partial charge in [-0.1, -0.05) is 72.8 Å². The number of amides is 2. The second-order valence-corrected chi connectivity index (χ2v) is 11.9. The van der Waals surface area contributed by atoms with Crippen LogP contribution in [0.15, 0.2) is 97.1 Å². The van der Waals surface area contributed by atoms with Crippen molar-refractivity contribution in [3.8, 4) is 0 Å². The van der Waals surface area contributed by atoms with Gasteiger partial charge in [0.25, 0.3) is 0 Å². The van der Waals surface area contributed by atoms with Crippen LogP contribution in [-0.2, 0) is 43.1 Å². The monoisotopic (exact) mass is 616 g/mol. The Kier molecular flexibility index (Phi) is 9.96. The average molecular weight is 617 g/mol. The van der Waals surface area contributed by atoms with Crippen molar-refractivity contribution in [1.82, 2.24) is 0 Å². The molecule has 5 rings (SSSR count). The second kappa shape index (κ2) is 14.2. The summed E-state index contributed by atoms with van der Waals surface area (Å²) in [5.41, 5.74) is 7.81. The Labute approximate surface area is 270 Å². The molecule has 0 aliphatic heterocycles. The molecule has 0 spiro atoms. The molecule has 1 fully saturated rings. The van der Waals surface area contributed by atoms with Gasteiger partial charge in [-0.15, -0.1) is 0 Å². The lowest BCUT2D eigenvalue weighted by Crippen LogP contribution is -2.41. The molecule has 46 heavy (non-hydrogen) atoms. The smallest absolute Gasteiger partial charge is 0.221 e. The predicted molar refractivity (Wildman–Crippen MR) is 182 cm³/mol. The highest BCUT2D eigenvalue weighted by atomic mass is 16.5. The van der Waals surface area contributed by atoms with Gasteiger partial charge in [0.05, 0.1) is 0 Å². The Hall–Kier alpha value is -5.24. The number of hydrogen-bond donors (Lipinski definition) is 4. The molecular weight excluding hydrogens is 576 g/mol. The lowest BCUT2D eigenvalue weighted by Gasteiger charge is -2.48. The number of carbonyl (C=O) groups is 2. The van der Waals surface area contributed by atoms with Gasteiger partial charge in [0.2, 0.25) is 11.8 Å². The van der Waals surface area contributed by atoms with Crippen molar-refractivity contribution in [3.63, 3.8) is 0 Å². The first-order valence-corrected chi connectivity index (χ1v) is 15.4. The molecule has 0 radical (unpaired) electrons. The largest absolute Gasteiger partial charge is 0.479 e. The van der Waals surface area contributed by atoms with Gasteiger partial charge in [0, 0.05) is 36.1 Å². The number of ether oxygens (including phenoxy) is 2. The molecular formula is C38H40N4O4. The Bertz CT molecular complexity index is 1530. The van der Waals surface area contributed by atoms with Crippen molar-refractivity contribution in [2.24, 2.45) is 0 Å². The third-order valence-corrected chi connectivity index (χ3v) is 9.15. The molecule has 8 nitrogen and oxygen atoms in total. The highest BCUT2D eigenvalue weighted by molar-refractivity contribution is 5.89. The molecule has 0 unspecified atom stereocenters. The minimum absolute atomic E-state index is 0.104. The Morgan fingerprint density at radius 1 is 0.565 bits per heavy atom. The van der Waals surface area contributed by atoms with E-state index >= 15 is 0 Å². The highest BCUT2D eigenvalue weighted by Crippen LogP contribution is 2.54. The third-order valence-electron chi connectivity index (χ3n) is 9.15. The van der Waals surface area contributed by atoms with Crippen LogP contribution in [0.5, 0.6) is 0 Å². The Morgan fingerprint density at radius 3 is 1.11 bits per heavy atom. The van der Waals surface area contributed by atoms with E-state index in [-0.39, 0.29) is 22.6 Å². The molecule has 0 aromatic heterocycles. The number of nitrogens with one attached hydrogen (secondary N) is 4. The van der Waals surface area contributed by atoms with Gasteiger partial charge in [-0.3, -0.25) is 20.4 Å². The zero-order valence-corrected chi connectivity index (χ0v) is 26.3. The quantitative estimate of drug-likeness (QED) is 0.0962. The fraction of sp³-hybridized carbons (Fsp3) is 0.263. The minimum Gasteiger partial charge on any atom is -0.479 e. The topological polar surface area (TPSA) is 124 Å². The number of benzene rings is 4. The molecule has 1 aliphatic carbocycles. The molecule has 4 aromatic carbocycles. The van der Waals surface area contributed by atoms with Crippen LogP contribution in [0, 0.1) is 10.8 Å². The molecule has 0 saturated heterocycles. The number of rotatable bonds is 12. The third kappa shape index (κ3) is 7.01. The summed E-state index contributed by atoms with van der Waals surface area (Å²) >= 11 is 0. The van der Waals surface area contributed by atoms with E-state index in [9.17, 15) is 9.59 Å². The maximum absolute atomic E-state index is 11.7. The zero-order chi connectivity index (χ0) is 32.6. The number of anilines is 2. The maximum atomic E-state index is 11.7. The van der Waals surface area contributed by atoms with E-state index in [1.165, 1.54) is 36.1 Å². The van der Waals surface area contributed by atoms with Gasteiger partial charge in [-0.05, 0) is 83.3 Å². The van der Waals surface area contributed by atoms with E-state index in [0.717, 1.165) is 61.0 Å². The number of carbonyl (C=O) groups excluding carboxylic acids is 2. The summed E-state index contributed by atoms with van der Waals surface area (Å²) in [6.45, 7) is 3.72. The number of hydrogen-bond acceptors (Lipinski definition) is 6. The first-order chi connectivity index (χ1) is 22.3. The summed E-state index contributed by atoms with van der Waals surface area (Å²) in [7, 11) is 0. The van der Waals surface area contributed by atoms with Crippen LogP contribution in [0.2, 0.25) is 0 Å². The normalized spacial score (nSPS) is 19.0. The summed E-state index contributed by atoms with van der Waals surface area (Å²) < 4.78 is 10.4. The lowest BCUT2D eigenvalue weighted by molar-refractivity contribution is -0.115. The van der Waals surface area contributed by atoms with Crippen molar-refractivity contribution in [2.75, 3.05) is 10.6 Å². The van der Waals surface area contributed by atoms with E-state index in [1.807, 2.05) is 24.3 Å². The summed E-state index contributed by atoms with van der Waals surface area (Å²) in [4.78, 5) is 23.4. The fourth-order valence-electron chi connectivity index (χ4n) is 6.86. The Morgan fingerprint density at radius 2 is 0.848 bits per heavy atom. The van der Waals surface area contributed by atoms with Crippen molar-refractivity contribution in [2.45, 2.75) is 63.6 Å². The van der Waals surface area contributed by atoms with Crippen LogP contribution in [0.25, 0.3) is 0 Å². The Balaban J connectivity index is 1.55. The summed E-state index contributed by atoms with van der Waals surface area (Å²) in [6.07, 6.45) is 5.40. The molecule has 0 atom stereocenters. The molecule has 0 heterocycles. The van der Waals surface area contributed by atoms with E-state index in [2.05, 4.69) is 83.4 Å². The summed E-state index contributed by atoms with van der Waals surface area (Å²) in [5.74, 6) is -0.208. The molecule has 1 saturated carbocycles. The van der Waals surface area contributed by atoms with Crippen LogP contribution in [0.1, 0.15) is 72.9 Å². The average Bonchev–Trinajstić information content (AvgIpc) is 3.07. The first kappa shape index (κ1) is 32.2. The molecule has 0 bridgehead atoms. The van der Waals surface area contributed by atoms with Crippen LogP contribution in [0.4, 0.5) is 11.4 Å². The lowest BCUT2D eigenvalue weighted by atomic mass is 9.55. The van der Waals surface area contributed by atoms with Gasteiger partial charge in [-0.25, -0.2) is 0 Å². The highest BCUT2D eigenvalue weighted by Gasteiger charge is 2.46. The first-order valence-electron chi connectivity index (χ1n) is 15.4. The summed E-state index contributed by atoms with van der Waals surface area (Å²) in [5, 5.41) is 20.2. The van der Waals surface area contributed by atoms with Crippen molar-refractivity contribution in [1.29, 1.82) is 10.8 Å². The van der Waals surface area contributed by atoms with Crippen molar-refractivity contribution < 1.29 is 19.1 Å². The fourth-order valence-corrected chi connectivity index (χ4v) is 6.86. The molecule has 4 aromatic rings. The molecule has 236 valence electrons. The molecule has 2 amide bonds. The van der Waals surface area contributed by atoms with Crippen LogP contribution >= 0.6 is 0 Å². The van der Waals surface area contributed by atoms with Crippen molar-refractivity contribution in [3.05, 3.63) is 130 Å².